The van der Waals surface area contributed by atoms with Crippen LogP contribution in [0, 0.1) is 5.82 Å². The summed E-state index contributed by atoms with van der Waals surface area (Å²) in [4.78, 5) is 11.4. The van der Waals surface area contributed by atoms with E-state index in [4.69, 9.17) is 32.5 Å². The van der Waals surface area contributed by atoms with Gasteiger partial charge in [0.1, 0.15) is 0 Å². The van der Waals surface area contributed by atoms with Gasteiger partial charge in [-0.15, -0.1) is 0 Å². The molecule has 0 bridgehead atoms. The predicted octanol–water partition coefficient (Wildman–Crippen LogP) is 5.43. The van der Waals surface area contributed by atoms with Gasteiger partial charge in [0.25, 0.3) is 0 Å². The van der Waals surface area contributed by atoms with Crippen molar-refractivity contribution >= 4 is 53.3 Å². The van der Waals surface area contributed by atoms with E-state index in [9.17, 15) is 9.18 Å². The Morgan fingerprint density at radius 2 is 1.68 bits per heavy atom. The molecular weight excluding hydrogens is 385 g/mol. The van der Waals surface area contributed by atoms with E-state index in [1.54, 1.807) is 6.08 Å². The lowest BCUT2D eigenvalue weighted by Crippen LogP contribution is -2.41. The number of hydrogen-bond donors (Lipinski definition) is 0. The zero-order valence-electron chi connectivity index (χ0n) is 14.8. The lowest BCUT2D eigenvalue weighted by molar-refractivity contribution is -0.109. The summed E-state index contributed by atoms with van der Waals surface area (Å²) >= 11 is 12.9. The topological polar surface area (TPSA) is 35.5 Å². The summed E-state index contributed by atoms with van der Waals surface area (Å²) in [5, 5.41) is -0.143. The van der Waals surface area contributed by atoms with Crippen molar-refractivity contribution < 1.29 is 18.5 Å². The highest BCUT2D eigenvalue weighted by molar-refractivity contribution is 8.13. The summed E-state index contributed by atoms with van der Waals surface area (Å²) in [7, 11) is -0.612. The minimum absolute atomic E-state index is 0.0161. The van der Waals surface area contributed by atoms with Crippen LogP contribution in [0.25, 0.3) is 6.08 Å². The van der Waals surface area contributed by atoms with Crippen molar-refractivity contribution in [2.45, 2.75) is 45.8 Å². The Hall–Kier alpha value is -0.525. The number of benzene rings is 1. The summed E-state index contributed by atoms with van der Waals surface area (Å²) in [6, 6.07) is 2.96. The maximum Gasteiger partial charge on any atom is 0.491 e. The average Bonchev–Trinajstić information content (AvgIpc) is 2.68. The van der Waals surface area contributed by atoms with Crippen molar-refractivity contribution in [2.24, 2.45) is 0 Å². The third kappa shape index (κ3) is 4.80. The van der Waals surface area contributed by atoms with Crippen LogP contribution < -0.4 is 0 Å². The molecular formula is C17H20BCl2FO3S. The number of rotatable bonds is 4. The highest BCUT2D eigenvalue weighted by atomic mass is 35.5. The van der Waals surface area contributed by atoms with Crippen molar-refractivity contribution in [3.63, 3.8) is 0 Å². The lowest BCUT2D eigenvalue weighted by atomic mass is 9.78. The van der Waals surface area contributed by atoms with Gasteiger partial charge in [0.2, 0.25) is 0 Å². The van der Waals surface area contributed by atoms with E-state index < -0.39 is 24.1 Å². The van der Waals surface area contributed by atoms with Crippen LogP contribution >= 0.6 is 35.0 Å². The van der Waals surface area contributed by atoms with Crippen LogP contribution in [-0.2, 0) is 14.1 Å². The van der Waals surface area contributed by atoms with Gasteiger partial charge in [0, 0.05) is 12.7 Å². The van der Waals surface area contributed by atoms with E-state index in [1.807, 2.05) is 27.7 Å². The highest BCUT2D eigenvalue weighted by Crippen LogP contribution is 2.39. The van der Waals surface area contributed by atoms with Gasteiger partial charge in [-0.1, -0.05) is 41.0 Å². The Balaban J connectivity index is 2.38. The molecule has 136 valence electrons. The van der Waals surface area contributed by atoms with Crippen LogP contribution in [0.2, 0.25) is 10.0 Å². The Bertz CT molecular complexity index is 683. The summed E-state index contributed by atoms with van der Waals surface area (Å²) in [5.74, 6) is -0.269. The summed E-state index contributed by atoms with van der Waals surface area (Å²) < 4.78 is 25.7. The first-order valence-corrected chi connectivity index (χ1v) is 9.51. The molecule has 1 aromatic rings. The molecule has 0 saturated carbocycles. The largest absolute Gasteiger partial charge is 0.491 e. The van der Waals surface area contributed by atoms with Gasteiger partial charge >= 0.3 is 7.12 Å². The number of carbonyl (C=O) groups is 1. The number of thioether (sulfide) groups is 1. The molecule has 25 heavy (non-hydrogen) atoms. The van der Waals surface area contributed by atoms with Crippen molar-refractivity contribution in [1.82, 2.24) is 0 Å². The molecule has 1 fully saturated rings. The third-order valence-electron chi connectivity index (χ3n) is 4.36. The smallest absolute Gasteiger partial charge is 0.400 e. The summed E-state index contributed by atoms with van der Waals surface area (Å²) in [6.45, 7) is 9.31. The van der Waals surface area contributed by atoms with Gasteiger partial charge in [0.15, 0.2) is 10.9 Å². The van der Waals surface area contributed by atoms with Gasteiger partial charge in [-0.25, -0.2) is 4.39 Å². The minimum Gasteiger partial charge on any atom is -0.400 e. The molecule has 1 saturated heterocycles. The van der Waals surface area contributed by atoms with Crippen molar-refractivity contribution in [3.8, 4) is 0 Å². The molecule has 0 spiro atoms. The van der Waals surface area contributed by atoms with Crippen LogP contribution in [-0.4, -0.2) is 29.2 Å². The normalized spacial score (nSPS) is 19.4. The Morgan fingerprint density at radius 3 is 2.12 bits per heavy atom. The molecule has 1 aromatic carbocycles. The molecule has 0 N–H and O–H groups in total. The molecule has 0 unspecified atom stereocenters. The monoisotopic (exact) mass is 404 g/mol. The van der Waals surface area contributed by atoms with Gasteiger partial charge in [-0.2, -0.15) is 0 Å². The molecule has 8 heteroatoms. The zero-order chi connectivity index (χ0) is 19.0. The van der Waals surface area contributed by atoms with Gasteiger partial charge in [0.05, 0.1) is 21.2 Å². The van der Waals surface area contributed by atoms with Crippen LogP contribution in [0.5, 0.6) is 0 Å². The first kappa shape index (κ1) is 20.8. The molecule has 2 rings (SSSR count). The van der Waals surface area contributed by atoms with Crippen LogP contribution in [0.15, 0.2) is 17.6 Å². The van der Waals surface area contributed by atoms with E-state index >= 15 is 0 Å². The van der Waals surface area contributed by atoms with E-state index in [0.29, 0.717) is 11.3 Å². The summed E-state index contributed by atoms with van der Waals surface area (Å²) in [6.07, 6.45) is 1.77. The molecule has 3 nitrogen and oxygen atoms in total. The molecule has 0 aromatic heterocycles. The number of halogens is 3. The fraction of sp³-hybridized carbons (Fsp3) is 0.471. The average molecular weight is 405 g/mol. The number of carbonyl (C=O) groups excluding carboxylic acids is 1. The second-order valence-corrected chi connectivity index (χ2v) is 8.85. The second-order valence-electron chi connectivity index (χ2n) is 6.89. The van der Waals surface area contributed by atoms with E-state index in [-0.39, 0.29) is 15.2 Å². The maximum atomic E-state index is 13.6. The molecule has 0 aliphatic carbocycles. The van der Waals surface area contributed by atoms with E-state index in [2.05, 4.69) is 0 Å². The zero-order valence-corrected chi connectivity index (χ0v) is 17.1. The fourth-order valence-corrected chi connectivity index (χ4v) is 3.32. The van der Waals surface area contributed by atoms with E-state index in [1.165, 1.54) is 19.1 Å². The lowest BCUT2D eigenvalue weighted by Gasteiger charge is -2.32. The van der Waals surface area contributed by atoms with Crippen LogP contribution in [0.3, 0.4) is 0 Å². The molecule has 1 heterocycles. The molecule has 0 radical (unpaired) electrons. The standard InChI is InChI=1S/C17H20BCl2FO3S/c1-10(22)25-9-12(18-23-16(2,3)17(4,5)24-18)6-11-7-13(19)15(21)14(20)8-11/h6-8H,9H2,1-5H3. The second kappa shape index (κ2) is 7.61. The van der Waals surface area contributed by atoms with Gasteiger partial charge in [-0.3, -0.25) is 4.79 Å². The van der Waals surface area contributed by atoms with Crippen LogP contribution in [0.1, 0.15) is 40.2 Å². The Morgan fingerprint density at radius 1 is 1.20 bits per heavy atom. The first-order chi connectivity index (χ1) is 11.4. The van der Waals surface area contributed by atoms with Crippen molar-refractivity contribution in [2.75, 3.05) is 5.75 Å². The predicted molar refractivity (Wildman–Crippen MR) is 104 cm³/mol. The van der Waals surface area contributed by atoms with Crippen molar-refractivity contribution in [3.05, 3.63) is 39.0 Å². The van der Waals surface area contributed by atoms with Crippen LogP contribution in [0.4, 0.5) is 4.39 Å². The third-order valence-corrected chi connectivity index (χ3v) is 5.79. The fourth-order valence-electron chi connectivity index (χ4n) is 2.23. The summed E-state index contributed by atoms with van der Waals surface area (Å²) in [5.41, 5.74) is 0.355. The Labute approximate surface area is 162 Å². The molecule has 1 aliphatic heterocycles. The first-order valence-electron chi connectivity index (χ1n) is 7.77. The highest BCUT2D eigenvalue weighted by Gasteiger charge is 2.52. The molecule has 1 aliphatic rings. The minimum atomic E-state index is -0.657. The SMILES string of the molecule is CC(=O)SCC(=Cc1cc(Cl)c(F)c(Cl)c1)B1OC(C)(C)C(C)(C)O1. The maximum absolute atomic E-state index is 13.6. The van der Waals surface area contributed by atoms with Crippen molar-refractivity contribution in [1.29, 1.82) is 0 Å². The molecule has 0 atom stereocenters. The quantitative estimate of drug-likeness (QED) is 0.495. The number of hydrogen-bond acceptors (Lipinski definition) is 4. The Kier molecular flexibility index (Phi) is 6.33. The van der Waals surface area contributed by atoms with E-state index in [0.717, 1.165) is 17.2 Å². The van der Waals surface area contributed by atoms with Gasteiger partial charge < -0.3 is 9.31 Å². The van der Waals surface area contributed by atoms with Gasteiger partial charge in [-0.05, 0) is 50.9 Å². The molecule has 0 amide bonds.